The van der Waals surface area contributed by atoms with Crippen molar-refractivity contribution >= 4 is 43.3 Å². The van der Waals surface area contributed by atoms with Gasteiger partial charge in [-0.05, 0) is 22.8 Å². The predicted molar refractivity (Wildman–Crippen MR) is 141 cm³/mol. The molecule has 2 unspecified atom stereocenters. The molecule has 2 atom stereocenters. The Kier molecular flexibility index (Phi) is 4.18. The zero-order valence-corrected chi connectivity index (χ0v) is 19.0. The molecule has 0 nitrogen and oxygen atoms in total. The van der Waals surface area contributed by atoms with Gasteiger partial charge in [0.25, 0.3) is 0 Å². The molecule has 4 aromatic carbocycles. The first-order valence-electron chi connectivity index (χ1n) is 11.0. The highest BCUT2D eigenvalue weighted by Crippen LogP contribution is 2.59. The summed E-state index contributed by atoms with van der Waals surface area (Å²) < 4.78 is 2.78. The number of hydrogen-bond acceptors (Lipinski definition) is 2. The van der Waals surface area contributed by atoms with Crippen LogP contribution in [-0.4, -0.2) is 5.25 Å². The summed E-state index contributed by atoms with van der Waals surface area (Å²) >= 11 is 3.99. The summed E-state index contributed by atoms with van der Waals surface area (Å²) in [5.74, 6) is 0.410. The molecule has 1 aromatic heterocycles. The SMILES string of the molecule is C1=CC2Sc3c(c(-c4ccccc4)c4sc5ccccc5c4c3-c3ccccc3)C2C=C1. The summed E-state index contributed by atoms with van der Waals surface area (Å²) in [6.45, 7) is 0. The lowest BCUT2D eigenvalue weighted by Gasteiger charge is -2.20. The van der Waals surface area contributed by atoms with Crippen molar-refractivity contribution in [2.45, 2.75) is 16.1 Å². The van der Waals surface area contributed by atoms with E-state index >= 15 is 0 Å². The predicted octanol–water partition coefficient (Wildman–Crippen LogP) is 9.07. The van der Waals surface area contributed by atoms with Crippen LogP contribution in [0.4, 0.5) is 0 Å². The van der Waals surface area contributed by atoms with Crippen molar-refractivity contribution in [2.24, 2.45) is 0 Å². The molecule has 152 valence electrons. The van der Waals surface area contributed by atoms with Crippen molar-refractivity contribution in [3.63, 3.8) is 0 Å². The molecule has 32 heavy (non-hydrogen) atoms. The fraction of sp³-hybridized carbons (Fsp3) is 0.0667. The van der Waals surface area contributed by atoms with Crippen LogP contribution in [0.1, 0.15) is 11.5 Å². The summed E-state index contributed by atoms with van der Waals surface area (Å²) in [6, 6.07) is 30.9. The van der Waals surface area contributed by atoms with Crippen LogP contribution in [0.3, 0.4) is 0 Å². The smallest absolute Gasteiger partial charge is 0.0443 e. The van der Waals surface area contributed by atoms with E-state index in [2.05, 4.69) is 109 Å². The van der Waals surface area contributed by atoms with E-state index in [0.29, 0.717) is 11.2 Å². The quantitative estimate of drug-likeness (QED) is 0.262. The molecule has 0 spiro atoms. The molecule has 1 aliphatic carbocycles. The van der Waals surface area contributed by atoms with Crippen LogP contribution in [0, 0.1) is 0 Å². The summed E-state index contributed by atoms with van der Waals surface area (Å²) in [5.41, 5.74) is 6.98. The third-order valence-corrected chi connectivity index (χ3v) is 9.18. The number of thiophene rings is 1. The van der Waals surface area contributed by atoms with E-state index in [1.165, 1.54) is 52.9 Å². The van der Waals surface area contributed by atoms with Crippen LogP contribution in [0.25, 0.3) is 42.4 Å². The van der Waals surface area contributed by atoms with Gasteiger partial charge in [-0.25, -0.2) is 0 Å². The van der Waals surface area contributed by atoms with Crippen LogP contribution in [0.2, 0.25) is 0 Å². The third kappa shape index (κ3) is 2.63. The second-order valence-electron chi connectivity index (χ2n) is 8.41. The molecule has 5 aromatic rings. The van der Waals surface area contributed by atoms with Gasteiger partial charge < -0.3 is 0 Å². The zero-order valence-electron chi connectivity index (χ0n) is 17.4. The molecule has 0 saturated carbocycles. The Balaban J connectivity index is 1.72. The normalized spacial score (nSPS) is 18.9. The second-order valence-corrected chi connectivity index (χ2v) is 10.6. The molecular weight excluding hydrogens is 424 g/mol. The van der Waals surface area contributed by atoms with Gasteiger partial charge in [0, 0.05) is 47.4 Å². The summed E-state index contributed by atoms with van der Waals surface area (Å²) in [6.07, 6.45) is 9.22. The second kappa shape index (κ2) is 7.23. The van der Waals surface area contributed by atoms with E-state index < -0.39 is 0 Å². The minimum absolute atomic E-state index is 0.410. The van der Waals surface area contributed by atoms with Crippen molar-refractivity contribution < 1.29 is 0 Å². The average molecular weight is 445 g/mol. The molecular formula is C30H20S2. The largest absolute Gasteiger partial charge is 0.134 e. The van der Waals surface area contributed by atoms with Crippen molar-refractivity contribution in [1.82, 2.24) is 0 Å². The molecule has 1 aliphatic heterocycles. The first-order valence-corrected chi connectivity index (χ1v) is 12.7. The molecule has 7 rings (SSSR count). The van der Waals surface area contributed by atoms with Gasteiger partial charge in [0.2, 0.25) is 0 Å². The van der Waals surface area contributed by atoms with Gasteiger partial charge in [0.05, 0.1) is 0 Å². The van der Waals surface area contributed by atoms with Gasteiger partial charge in [-0.15, -0.1) is 23.1 Å². The Labute approximate surface area is 195 Å². The van der Waals surface area contributed by atoms with Crippen LogP contribution in [0.15, 0.2) is 114 Å². The number of rotatable bonds is 2. The number of allylic oxidation sites excluding steroid dienone is 3. The average Bonchev–Trinajstić information content (AvgIpc) is 3.42. The van der Waals surface area contributed by atoms with Crippen LogP contribution in [0.5, 0.6) is 0 Å². The number of thioether (sulfide) groups is 1. The Morgan fingerprint density at radius 2 is 1.28 bits per heavy atom. The molecule has 0 bridgehead atoms. The number of hydrogen-bond donors (Lipinski definition) is 0. The van der Waals surface area contributed by atoms with Crippen LogP contribution < -0.4 is 0 Å². The lowest BCUT2D eigenvalue weighted by molar-refractivity contribution is 0.886. The molecule has 2 aliphatic rings. The molecule has 0 saturated heterocycles. The molecule has 2 heterocycles. The summed E-state index contributed by atoms with van der Waals surface area (Å²) in [4.78, 5) is 1.46. The lowest BCUT2D eigenvalue weighted by Crippen LogP contribution is -2.07. The highest BCUT2D eigenvalue weighted by atomic mass is 32.2. The van der Waals surface area contributed by atoms with Crippen LogP contribution >= 0.6 is 23.1 Å². The highest BCUT2D eigenvalue weighted by Gasteiger charge is 2.37. The summed E-state index contributed by atoms with van der Waals surface area (Å²) in [7, 11) is 0. The molecule has 2 heteroatoms. The monoisotopic (exact) mass is 444 g/mol. The first kappa shape index (κ1) is 18.5. The maximum Gasteiger partial charge on any atom is 0.0443 e. The Hall–Kier alpha value is -3.07. The molecule has 0 fully saturated rings. The number of fused-ring (bicyclic) bond motifs is 6. The van der Waals surface area contributed by atoms with E-state index in [4.69, 9.17) is 0 Å². The third-order valence-electron chi connectivity index (χ3n) is 6.61. The fourth-order valence-corrected chi connectivity index (χ4v) is 8.07. The maximum atomic E-state index is 2.41. The van der Waals surface area contributed by atoms with E-state index in [0.717, 1.165) is 0 Å². The van der Waals surface area contributed by atoms with Crippen molar-refractivity contribution in [1.29, 1.82) is 0 Å². The molecule has 0 N–H and O–H groups in total. The minimum Gasteiger partial charge on any atom is -0.134 e. The van der Waals surface area contributed by atoms with Gasteiger partial charge in [-0.2, -0.15) is 0 Å². The molecule has 0 radical (unpaired) electrons. The van der Waals surface area contributed by atoms with Gasteiger partial charge in [-0.3, -0.25) is 0 Å². The maximum absolute atomic E-state index is 2.41. The van der Waals surface area contributed by atoms with Crippen molar-refractivity contribution in [3.8, 4) is 22.3 Å². The standard InChI is InChI=1S/C30H20S2/c1-3-11-19(12-4-1)25-27-21-15-7-9-17-23(21)32-30(27)26(20-13-5-2-6-14-20)28-22-16-8-10-18-24(22)31-29(25)28/h1-18,21,23H. The van der Waals surface area contributed by atoms with Gasteiger partial charge >= 0.3 is 0 Å². The van der Waals surface area contributed by atoms with Crippen molar-refractivity contribution in [3.05, 3.63) is 115 Å². The first-order chi connectivity index (χ1) is 15.9. The zero-order chi connectivity index (χ0) is 21.1. The number of benzene rings is 4. The van der Waals surface area contributed by atoms with Gasteiger partial charge in [0.15, 0.2) is 0 Å². The van der Waals surface area contributed by atoms with E-state index in [1.807, 2.05) is 23.1 Å². The van der Waals surface area contributed by atoms with E-state index in [1.54, 1.807) is 0 Å². The van der Waals surface area contributed by atoms with Gasteiger partial charge in [0.1, 0.15) is 0 Å². The van der Waals surface area contributed by atoms with Crippen molar-refractivity contribution in [2.75, 3.05) is 0 Å². The Morgan fingerprint density at radius 1 is 0.625 bits per heavy atom. The lowest BCUT2D eigenvalue weighted by atomic mass is 9.83. The topological polar surface area (TPSA) is 0 Å². The van der Waals surface area contributed by atoms with E-state index in [9.17, 15) is 0 Å². The Morgan fingerprint density at radius 3 is 2.06 bits per heavy atom. The fourth-order valence-electron chi connectivity index (χ4n) is 5.26. The van der Waals surface area contributed by atoms with Crippen LogP contribution in [-0.2, 0) is 0 Å². The van der Waals surface area contributed by atoms with E-state index in [-0.39, 0.29) is 0 Å². The Bertz CT molecular complexity index is 1540. The van der Waals surface area contributed by atoms with Gasteiger partial charge in [-0.1, -0.05) is 103 Å². The minimum atomic E-state index is 0.410. The molecule has 0 amide bonds. The summed E-state index contributed by atoms with van der Waals surface area (Å²) in [5, 5.41) is 3.24. The highest BCUT2D eigenvalue weighted by molar-refractivity contribution is 8.00.